The maximum absolute atomic E-state index is 10.7. The quantitative estimate of drug-likeness (QED) is 0.430. The highest BCUT2D eigenvalue weighted by Crippen LogP contribution is 2.30. The van der Waals surface area contributed by atoms with Crippen LogP contribution in [0.3, 0.4) is 0 Å². The van der Waals surface area contributed by atoms with Crippen molar-refractivity contribution in [2.24, 2.45) is 4.99 Å². The van der Waals surface area contributed by atoms with Gasteiger partial charge in [0.15, 0.2) is 5.96 Å². The normalized spacial score (nSPS) is 13.4. The van der Waals surface area contributed by atoms with Crippen LogP contribution in [0, 0.1) is 6.92 Å². The Morgan fingerprint density at radius 1 is 1.00 bits per heavy atom. The minimum Gasteiger partial charge on any atom is -0.497 e. The molecule has 0 aliphatic heterocycles. The highest BCUT2D eigenvalue weighted by atomic mass is 16.5. The Bertz CT molecular complexity index is 854. The van der Waals surface area contributed by atoms with Gasteiger partial charge in [0.2, 0.25) is 0 Å². The van der Waals surface area contributed by atoms with Crippen LogP contribution in [-0.4, -0.2) is 45.5 Å². The number of nitrogens with zero attached hydrogens (tertiary/aromatic N) is 1. The molecule has 2 aromatic rings. The minimum atomic E-state index is -0.839. The second kappa shape index (κ2) is 11.3. The predicted molar refractivity (Wildman–Crippen MR) is 120 cm³/mol. The van der Waals surface area contributed by atoms with Crippen molar-refractivity contribution >= 4 is 5.96 Å². The molecule has 30 heavy (non-hydrogen) atoms. The third kappa shape index (κ3) is 6.03. The Morgan fingerprint density at radius 3 is 2.30 bits per heavy atom. The lowest BCUT2D eigenvalue weighted by Crippen LogP contribution is -2.39. The molecule has 0 aromatic heterocycles. The number of hydrogen-bond acceptors (Lipinski definition) is 5. The van der Waals surface area contributed by atoms with Crippen molar-refractivity contribution in [2.75, 3.05) is 34.4 Å². The number of hydrogen-bond donors (Lipinski definition) is 3. The predicted octanol–water partition coefficient (Wildman–Crippen LogP) is 3.37. The SMILES string of the molecule is CCNC(=NCC(O)c1cc(OC)ccc1OC)NC(C)c1cc(C)ccc1OC. The first-order valence-corrected chi connectivity index (χ1v) is 10.0. The number of rotatable bonds is 9. The maximum atomic E-state index is 10.7. The summed E-state index contributed by atoms with van der Waals surface area (Å²) in [5.41, 5.74) is 2.82. The summed E-state index contributed by atoms with van der Waals surface area (Å²) in [6.07, 6.45) is -0.839. The van der Waals surface area contributed by atoms with E-state index in [4.69, 9.17) is 14.2 Å². The van der Waals surface area contributed by atoms with Crippen LogP contribution in [0.5, 0.6) is 17.2 Å². The lowest BCUT2D eigenvalue weighted by Gasteiger charge is -2.21. The van der Waals surface area contributed by atoms with E-state index in [9.17, 15) is 5.11 Å². The Hall–Kier alpha value is -2.93. The number of aliphatic imine (C=N–C) groups is 1. The van der Waals surface area contributed by atoms with Crippen LogP contribution in [-0.2, 0) is 0 Å². The molecule has 3 N–H and O–H groups in total. The van der Waals surface area contributed by atoms with E-state index in [0.717, 1.165) is 16.9 Å². The van der Waals surface area contributed by atoms with E-state index in [1.807, 2.05) is 32.9 Å². The molecule has 0 radical (unpaired) electrons. The Labute approximate surface area is 179 Å². The van der Waals surface area contributed by atoms with Crippen LogP contribution in [0.1, 0.15) is 42.7 Å². The summed E-state index contributed by atoms with van der Waals surface area (Å²) in [6, 6.07) is 11.4. The van der Waals surface area contributed by atoms with Gasteiger partial charge in [0.25, 0.3) is 0 Å². The molecule has 2 unspecified atom stereocenters. The second-order valence-corrected chi connectivity index (χ2v) is 6.95. The molecule has 2 aromatic carbocycles. The lowest BCUT2D eigenvalue weighted by molar-refractivity contribution is 0.182. The van der Waals surface area contributed by atoms with E-state index >= 15 is 0 Å². The zero-order chi connectivity index (χ0) is 22.1. The van der Waals surface area contributed by atoms with Gasteiger partial charge in [0.05, 0.1) is 33.9 Å². The number of aliphatic hydroxyl groups is 1. The van der Waals surface area contributed by atoms with E-state index in [-0.39, 0.29) is 12.6 Å². The first kappa shape index (κ1) is 23.3. The molecular formula is C23H33N3O4. The van der Waals surface area contributed by atoms with Gasteiger partial charge in [-0.3, -0.25) is 4.99 Å². The lowest BCUT2D eigenvalue weighted by atomic mass is 10.0. The molecule has 2 atom stereocenters. The largest absolute Gasteiger partial charge is 0.497 e. The molecule has 0 amide bonds. The summed E-state index contributed by atoms with van der Waals surface area (Å²) < 4.78 is 16.1. The van der Waals surface area contributed by atoms with Crippen LogP contribution < -0.4 is 24.8 Å². The van der Waals surface area contributed by atoms with Gasteiger partial charge in [-0.05, 0) is 45.0 Å². The molecule has 0 heterocycles. The Kier molecular flexibility index (Phi) is 8.80. The van der Waals surface area contributed by atoms with Gasteiger partial charge in [-0.25, -0.2) is 0 Å². The fourth-order valence-electron chi connectivity index (χ4n) is 3.17. The highest BCUT2D eigenvalue weighted by molar-refractivity contribution is 5.80. The van der Waals surface area contributed by atoms with Gasteiger partial charge < -0.3 is 30.0 Å². The summed E-state index contributed by atoms with van der Waals surface area (Å²) >= 11 is 0. The van der Waals surface area contributed by atoms with Crippen LogP contribution in [0.2, 0.25) is 0 Å². The van der Waals surface area contributed by atoms with Gasteiger partial charge in [0, 0.05) is 17.7 Å². The fourth-order valence-corrected chi connectivity index (χ4v) is 3.17. The molecule has 0 spiro atoms. The number of nitrogens with one attached hydrogen (secondary N) is 2. The van der Waals surface area contributed by atoms with E-state index in [1.165, 1.54) is 0 Å². The number of ether oxygens (including phenoxy) is 3. The highest BCUT2D eigenvalue weighted by Gasteiger charge is 2.16. The summed E-state index contributed by atoms with van der Waals surface area (Å²) in [5, 5.41) is 17.3. The molecule has 7 nitrogen and oxygen atoms in total. The molecule has 0 aliphatic carbocycles. The fraction of sp³-hybridized carbons (Fsp3) is 0.435. The molecule has 2 rings (SSSR count). The first-order valence-electron chi connectivity index (χ1n) is 10.0. The minimum absolute atomic E-state index is 0.0406. The van der Waals surface area contributed by atoms with Crippen molar-refractivity contribution in [1.82, 2.24) is 10.6 Å². The maximum Gasteiger partial charge on any atom is 0.191 e. The summed E-state index contributed by atoms with van der Waals surface area (Å²) in [6.45, 7) is 6.95. The molecule has 7 heteroatoms. The molecule has 0 fully saturated rings. The van der Waals surface area contributed by atoms with E-state index in [0.29, 0.717) is 29.6 Å². The van der Waals surface area contributed by atoms with Crippen LogP contribution in [0.15, 0.2) is 41.4 Å². The topological polar surface area (TPSA) is 84.3 Å². The molecule has 0 saturated heterocycles. The van der Waals surface area contributed by atoms with Crippen LogP contribution in [0.25, 0.3) is 0 Å². The van der Waals surface area contributed by atoms with Crippen LogP contribution >= 0.6 is 0 Å². The number of benzene rings is 2. The number of methoxy groups -OCH3 is 3. The summed E-state index contributed by atoms with van der Waals surface area (Å²) in [5.74, 6) is 2.67. The van der Waals surface area contributed by atoms with Gasteiger partial charge in [0.1, 0.15) is 23.4 Å². The van der Waals surface area contributed by atoms with Crippen molar-refractivity contribution in [3.05, 3.63) is 53.1 Å². The van der Waals surface area contributed by atoms with Crippen LogP contribution in [0.4, 0.5) is 0 Å². The van der Waals surface area contributed by atoms with Crippen molar-refractivity contribution in [2.45, 2.75) is 32.9 Å². The zero-order valence-electron chi connectivity index (χ0n) is 18.7. The summed E-state index contributed by atoms with van der Waals surface area (Å²) in [7, 11) is 4.83. The van der Waals surface area contributed by atoms with E-state index < -0.39 is 6.10 Å². The van der Waals surface area contributed by atoms with E-state index in [2.05, 4.69) is 21.7 Å². The molecule has 0 bridgehead atoms. The van der Waals surface area contributed by atoms with Crippen molar-refractivity contribution in [3.8, 4) is 17.2 Å². The van der Waals surface area contributed by atoms with Gasteiger partial charge >= 0.3 is 0 Å². The smallest absolute Gasteiger partial charge is 0.191 e. The Morgan fingerprint density at radius 2 is 1.67 bits per heavy atom. The second-order valence-electron chi connectivity index (χ2n) is 6.95. The van der Waals surface area contributed by atoms with Gasteiger partial charge in [-0.15, -0.1) is 0 Å². The van der Waals surface area contributed by atoms with Crippen molar-refractivity contribution < 1.29 is 19.3 Å². The molecule has 0 saturated carbocycles. The van der Waals surface area contributed by atoms with Gasteiger partial charge in [-0.2, -0.15) is 0 Å². The third-order valence-corrected chi connectivity index (χ3v) is 4.77. The number of guanidine groups is 1. The van der Waals surface area contributed by atoms with Crippen molar-refractivity contribution in [3.63, 3.8) is 0 Å². The zero-order valence-corrected chi connectivity index (χ0v) is 18.7. The average Bonchev–Trinajstić information content (AvgIpc) is 2.76. The Balaban J connectivity index is 2.19. The standard InChI is InChI=1S/C23H33N3O4/c1-7-24-23(26-16(3)18-12-15(2)8-10-21(18)29-5)25-14-20(27)19-13-17(28-4)9-11-22(19)30-6/h8-13,16,20,27H,7,14H2,1-6H3,(H2,24,25,26). The molecular weight excluding hydrogens is 382 g/mol. The average molecular weight is 416 g/mol. The van der Waals surface area contributed by atoms with Gasteiger partial charge in [-0.1, -0.05) is 17.7 Å². The van der Waals surface area contributed by atoms with E-state index in [1.54, 1.807) is 39.5 Å². The molecule has 0 aliphatic rings. The molecule has 164 valence electrons. The number of aryl methyl sites for hydroxylation is 1. The summed E-state index contributed by atoms with van der Waals surface area (Å²) in [4.78, 5) is 4.57. The monoisotopic (exact) mass is 415 g/mol. The van der Waals surface area contributed by atoms with Crippen molar-refractivity contribution in [1.29, 1.82) is 0 Å². The number of aliphatic hydroxyl groups excluding tert-OH is 1. The first-order chi connectivity index (χ1) is 14.4. The third-order valence-electron chi connectivity index (χ3n) is 4.77.